The normalized spacial score (nSPS) is 9.94. The molecule has 0 heterocycles. The molecule has 0 saturated heterocycles. The number of rotatable bonds is 1. The fourth-order valence-corrected chi connectivity index (χ4v) is 2.14. The molecule has 0 saturated carbocycles. The highest BCUT2D eigenvalue weighted by atomic mass is 14.1. The number of hydrogen-bond donors (Lipinski definition) is 0. The van der Waals surface area contributed by atoms with Crippen LogP contribution < -0.4 is 0 Å². The standard InChI is InChI=1S/C15H16.C3H4/c1-4-7-14-11(2)10-13-8-5-6-9-15(13)12(14)3;1-3-2/h4-10H,1-3H3;1H,2H3/b7-4-;. The summed E-state index contributed by atoms with van der Waals surface area (Å²) in [5, 5.41) is 2.69. The molecule has 0 atom stereocenters. The number of benzene rings is 2. The first-order valence-electron chi connectivity index (χ1n) is 6.14. The fourth-order valence-electron chi connectivity index (χ4n) is 2.14. The van der Waals surface area contributed by atoms with E-state index in [2.05, 4.69) is 75.6 Å². The zero-order valence-corrected chi connectivity index (χ0v) is 11.6. The van der Waals surface area contributed by atoms with Gasteiger partial charge in [-0.1, -0.05) is 42.5 Å². The number of hydrogen-bond acceptors (Lipinski definition) is 0. The lowest BCUT2D eigenvalue weighted by Gasteiger charge is -2.09. The third kappa shape index (κ3) is 3.02. The minimum Gasteiger partial charge on any atom is -0.120 e. The molecule has 0 fully saturated rings. The second-order valence-electron chi connectivity index (χ2n) is 4.24. The highest BCUT2D eigenvalue weighted by Crippen LogP contribution is 2.25. The maximum Gasteiger partial charge on any atom is -0.00297 e. The summed E-state index contributed by atoms with van der Waals surface area (Å²) >= 11 is 0. The highest BCUT2D eigenvalue weighted by Gasteiger charge is 2.03. The molecule has 2 aromatic rings. The third-order valence-corrected chi connectivity index (χ3v) is 2.90. The van der Waals surface area contributed by atoms with Crippen molar-refractivity contribution in [1.82, 2.24) is 0 Å². The molecule has 0 radical (unpaired) electrons. The molecule has 0 spiro atoms. The van der Waals surface area contributed by atoms with Crippen molar-refractivity contribution in [2.45, 2.75) is 27.7 Å². The van der Waals surface area contributed by atoms with E-state index in [1.807, 2.05) is 0 Å². The van der Waals surface area contributed by atoms with Gasteiger partial charge in [0, 0.05) is 0 Å². The Kier molecular flexibility index (Phi) is 5.21. The Morgan fingerprint density at radius 2 is 1.78 bits per heavy atom. The van der Waals surface area contributed by atoms with Crippen LogP contribution in [0.25, 0.3) is 16.8 Å². The van der Waals surface area contributed by atoms with Crippen LogP contribution in [0.3, 0.4) is 0 Å². The van der Waals surface area contributed by atoms with E-state index in [0.717, 1.165) is 0 Å². The minimum absolute atomic E-state index is 1.33. The Hall–Kier alpha value is -2.00. The summed E-state index contributed by atoms with van der Waals surface area (Å²) in [5.74, 6) is 2.25. The van der Waals surface area contributed by atoms with Crippen molar-refractivity contribution in [3.05, 3.63) is 53.1 Å². The van der Waals surface area contributed by atoms with Gasteiger partial charge in [0.15, 0.2) is 0 Å². The van der Waals surface area contributed by atoms with Crippen molar-refractivity contribution in [1.29, 1.82) is 0 Å². The van der Waals surface area contributed by atoms with E-state index in [4.69, 9.17) is 0 Å². The van der Waals surface area contributed by atoms with Crippen LogP contribution in [0.1, 0.15) is 30.5 Å². The maximum atomic E-state index is 4.60. The SMILES string of the molecule is C#CC.C/C=C\c1c(C)cc2ccccc2c1C. The van der Waals surface area contributed by atoms with E-state index in [0.29, 0.717) is 0 Å². The molecule has 0 aliphatic rings. The number of fused-ring (bicyclic) bond motifs is 1. The van der Waals surface area contributed by atoms with Gasteiger partial charge < -0.3 is 0 Å². The van der Waals surface area contributed by atoms with Crippen LogP contribution >= 0.6 is 0 Å². The molecule has 0 heteroatoms. The Bertz CT molecular complexity index is 595. The molecule has 0 bridgehead atoms. The molecule has 0 nitrogen and oxygen atoms in total. The molecule has 0 amide bonds. The van der Waals surface area contributed by atoms with Crippen LogP contribution in [0.4, 0.5) is 0 Å². The van der Waals surface area contributed by atoms with E-state index < -0.39 is 0 Å². The maximum absolute atomic E-state index is 4.60. The molecule has 0 aliphatic heterocycles. The topological polar surface area (TPSA) is 0 Å². The Morgan fingerprint density at radius 1 is 1.17 bits per heavy atom. The Balaban J connectivity index is 0.000000492. The zero-order chi connectivity index (χ0) is 13.5. The summed E-state index contributed by atoms with van der Waals surface area (Å²) < 4.78 is 0. The molecular formula is C18H20. The second-order valence-corrected chi connectivity index (χ2v) is 4.24. The van der Waals surface area contributed by atoms with E-state index >= 15 is 0 Å². The van der Waals surface area contributed by atoms with Crippen LogP contribution in [0.2, 0.25) is 0 Å². The lowest BCUT2D eigenvalue weighted by atomic mass is 9.95. The molecular weight excluding hydrogens is 216 g/mol. The summed E-state index contributed by atoms with van der Waals surface area (Å²) in [5.41, 5.74) is 4.09. The Morgan fingerprint density at radius 3 is 2.39 bits per heavy atom. The van der Waals surface area contributed by atoms with E-state index in [1.54, 1.807) is 6.92 Å². The first kappa shape index (κ1) is 14.1. The smallest absolute Gasteiger partial charge is 0.00297 e. The summed E-state index contributed by atoms with van der Waals surface area (Å²) in [6.45, 7) is 8.09. The van der Waals surface area contributed by atoms with Gasteiger partial charge in [0.05, 0.1) is 0 Å². The first-order chi connectivity index (χ1) is 8.65. The largest absolute Gasteiger partial charge is 0.120 e. The predicted octanol–water partition coefficient (Wildman–Crippen LogP) is 5.13. The lowest BCUT2D eigenvalue weighted by Crippen LogP contribution is -1.88. The lowest BCUT2D eigenvalue weighted by molar-refractivity contribution is 1.39. The van der Waals surface area contributed by atoms with Gasteiger partial charge in [-0.3, -0.25) is 0 Å². The van der Waals surface area contributed by atoms with E-state index in [9.17, 15) is 0 Å². The Labute approximate surface area is 110 Å². The summed E-state index contributed by atoms with van der Waals surface area (Å²) in [4.78, 5) is 0. The van der Waals surface area contributed by atoms with Crippen molar-refractivity contribution >= 4 is 16.8 Å². The summed E-state index contributed by atoms with van der Waals surface area (Å²) in [6, 6.07) is 10.8. The van der Waals surface area contributed by atoms with E-state index in [1.165, 1.54) is 27.5 Å². The third-order valence-electron chi connectivity index (χ3n) is 2.90. The average Bonchev–Trinajstić information content (AvgIpc) is 2.35. The fraction of sp³-hybridized carbons (Fsp3) is 0.222. The van der Waals surface area contributed by atoms with E-state index in [-0.39, 0.29) is 0 Å². The van der Waals surface area contributed by atoms with Crippen molar-refractivity contribution in [3.63, 3.8) is 0 Å². The molecule has 92 valence electrons. The van der Waals surface area contributed by atoms with Gasteiger partial charge in [-0.15, -0.1) is 12.3 Å². The van der Waals surface area contributed by atoms with Gasteiger partial charge in [0.2, 0.25) is 0 Å². The van der Waals surface area contributed by atoms with Gasteiger partial charge in [0.25, 0.3) is 0 Å². The molecule has 0 aromatic heterocycles. The van der Waals surface area contributed by atoms with Gasteiger partial charge >= 0.3 is 0 Å². The number of terminal acetylenes is 1. The van der Waals surface area contributed by atoms with Crippen molar-refractivity contribution < 1.29 is 0 Å². The van der Waals surface area contributed by atoms with Crippen LogP contribution in [0, 0.1) is 26.2 Å². The van der Waals surface area contributed by atoms with Crippen LogP contribution in [-0.4, -0.2) is 0 Å². The average molecular weight is 236 g/mol. The summed E-state index contributed by atoms with van der Waals surface area (Å²) in [7, 11) is 0. The van der Waals surface area contributed by atoms with Crippen LogP contribution in [0.15, 0.2) is 36.4 Å². The molecule has 0 unspecified atom stereocenters. The zero-order valence-electron chi connectivity index (χ0n) is 11.6. The first-order valence-corrected chi connectivity index (χ1v) is 6.14. The van der Waals surface area contributed by atoms with Gasteiger partial charge in [-0.05, 0) is 55.2 Å². The highest BCUT2D eigenvalue weighted by molar-refractivity contribution is 5.89. The molecule has 0 aliphatic carbocycles. The van der Waals surface area contributed by atoms with Crippen LogP contribution in [0.5, 0.6) is 0 Å². The van der Waals surface area contributed by atoms with Gasteiger partial charge in [-0.25, -0.2) is 0 Å². The van der Waals surface area contributed by atoms with Gasteiger partial charge in [-0.2, -0.15) is 0 Å². The summed E-state index contributed by atoms with van der Waals surface area (Å²) in [6.07, 6.45) is 8.89. The van der Waals surface area contributed by atoms with Crippen molar-refractivity contribution in [2.75, 3.05) is 0 Å². The second kappa shape index (κ2) is 6.67. The molecule has 0 N–H and O–H groups in total. The quantitative estimate of drug-likeness (QED) is 0.602. The predicted molar refractivity (Wildman–Crippen MR) is 82.6 cm³/mol. The molecule has 2 rings (SSSR count). The number of aryl methyl sites for hydroxylation is 2. The number of allylic oxidation sites excluding steroid dienone is 1. The van der Waals surface area contributed by atoms with Crippen molar-refractivity contribution in [2.24, 2.45) is 0 Å². The monoisotopic (exact) mass is 236 g/mol. The minimum atomic E-state index is 1.33. The molecule has 2 aromatic carbocycles. The molecule has 18 heavy (non-hydrogen) atoms. The van der Waals surface area contributed by atoms with Gasteiger partial charge in [0.1, 0.15) is 0 Å². The van der Waals surface area contributed by atoms with Crippen molar-refractivity contribution in [3.8, 4) is 12.3 Å². The van der Waals surface area contributed by atoms with Crippen LogP contribution in [-0.2, 0) is 0 Å².